The number of likely N-dealkylation sites (tertiary alicyclic amines) is 1. The van der Waals surface area contributed by atoms with Gasteiger partial charge in [0.25, 0.3) is 0 Å². The van der Waals surface area contributed by atoms with E-state index in [0.717, 1.165) is 63.5 Å². The molecule has 0 spiro atoms. The Morgan fingerprint density at radius 2 is 1.88 bits per heavy atom. The van der Waals surface area contributed by atoms with Gasteiger partial charge in [0.2, 0.25) is 5.91 Å². The molecule has 2 saturated heterocycles. The molecule has 33 heavy (non-hydrogen) atoms. The Kier molecular flexibility index (Phi) is 12.4. The number of amides is 1. The second-order valence-electron chi connectivity index (χ2n) is 8.40. The van der Waals surface area contributed by atoms with Crippen LogP contribution in [0.15, 0.2) is 29.3 Å². The molecule has 0 aromatic heterocycles. The summed E-state index contributed by atoms with van der Waals surface area (Å²) in [7, 11) is 0. The maximum Gasteiger partial charge on any atom is 0.222 e. The zero-order valence-corrected chi connectivity index (χ0v) is 22.2. The summed E-state index contributed by atoms with van der Waals surface area (Å²) in [5.41, 5.74) is 1.06. The Morgan fingerprint density at radius 1 is 1.15 bits per heavy atom. The highest BCUT2D eigenvalue weighted by molar-refractivity contribution is 14.0. The third-order valence-electron chi connectivity index (χ3n) is 6.30. The van der Waals surface area contributed by atoms with E-state index in [2.05, 4.69) is 22.5 Å². The number of hydrogen-bond acceptors (Lipinski definition) is 4. The summed E-state index contributed by atoms with van der Waals surface area (Å²) >= 11 is 0. The summed E-state index contributed by atoms with van der Waals surface area (Å²) in [4.78, 5) is 21.3. The molecule has 2 atom stereocenters. The molecular weight excluding hydrogens is 536 g/mol. The number of nitrogens with one attached hydrogen (secondary N) is 2. The highest BCUT2D eigenvalue weighted by Crippen LogP contribution is 2.23. The molecule has 2 aliphatic heterocycles. The molecule has 2 heterocycles. The fourth-order valence-electron chi connectivity index (χ4n) is 4.52. The van der Waals surface area contributed by atoms with E-state index in [-0.39, 0.29) is 47.8 Å². The number of hydrogen-bond donors (Lipinski definition) is 2. The molecule has 7 nitrogen and oxygen atoms in total. The first-order valence-electron chi connectivity index (χ1n) is 12.0. The molecular formula is C24H39FIN5O2. The van der Waals surface area contributed by atoms with Gasteiger partial charge in [-0.1, -0.05) is 19.1 Å². The van der Waals surface area contributed by atoms with Crippen LogP contribution in [0.2, 0.25) is 0 Å². The van der Waals surface area contributed by atoms with Crippen LogP contribution in [-0.2, 0) is 9.53 Å². The Labute approximate surface area is 214 Å². The van der Waals surface area contributed by atoms with Crippen molar-refractivity contribution in [2.45, 2.75) is 51.6 Å². The van der Waals surface area contributed by atoms with Crippen LogP contribution in [0.1, 0.15) is 51.1 Å². The largest absolute Gasteiger partial charge is 0.379 e. The van der Waals surface area contributed by atoms with Crippen LogP contribution in [0, 0.1) is 5.82 Å². The number of halogens is 2. The summed E-state index contributed by atoms with van der Waals surface area (Å²) in [6, 6.07) is 7.08. The zero-order valence-electron chi connectivity index (χ0n) is 19.9. The van der Waals surface area contributed by atoms with Gasteiger partial charge in [0, 0.05) is 45.2 Å². The number of carbonyl (C=O) groups excluding carboxylic acids is 1. The molecule has 2 N–H and O–H groups in total. The van der Waals surface area contributed by atoms with Crippen molar-refractivity contribution in [3.8, 4) is 0 Å². The normalized spacial score (nSPS) is 19.2. The highest BCUT2D eigenvalue weighted by Gasteiger charge is 2.26. The molecule has 0 saturated carbocycles. The molecule has 1 aromatic rings. The molecule has 2 fully saturated rings. The standard InChI is InChI=1S/C24H38FN5O2.HI/c1-3-21(30-13-5-6-23(30)31)11-12-27-24(26-4-2)28-18-22(29-14-16-32-17-15-29)19-7-9-20(25)10-8-19;/h7-10,21-22H,3-6,11-18H2,1-2H3,(H2,26,27,28);1H. The van der Waals surface area contributed by atoms with Crippen molar-refractivity contribution in [3.05, 3.63) is 35.6 Å². The van der Waals surface area contributed by atoms with Crippen molar-refractivity contribution in [2.24, 2.45) is 4.99 Å². The number of morpholine rings is 1. The van der Waals surface area contributed by atoms with Gasteiger partial charge in [-0.3, -0.25) is 14.7 Å². The van der Waals surface area contributed by atoms with Crippen LogP contribution in [0.25, 0.3) is 0 Å². The minimum absolute atomic E-state index is 0. The Balaban J connectivity index is 0.00000385. The van der Waals surface area contributed by atoms with E-state index in [9.17, 15) is 9.18 Å². The molecule has 1 amide bonds. The molecule has 2 aliphatic rings. The van der Waals surface area contributed by atoms with E-state index in [4.69, 9.17) is 9.73 Å². The Morgan fingerprint density at radius 3 is 2.48 bits per heavy atom. The molecule has 2 unspecified atom stereocenters. The molecule has 1 aromatic carbocycles. The first-order chi connectivity index (χ1) is 15.6. The predicted octanol–water partition coefficient (Wildman–Crippen LogP) is 3.16. The lowest BCUT2D eigenvalue weighted by Gasteiger charge is -2.34. The summed E-state index contributed by atoms with van der Waals surface area (Å²) in [6.45, 7) is 10.2. The zero-order chi connectivity index (χ0) is 22.8. The van der Waals surface area contributed by atoms with E-state index in [1.54, 1.807) is 0 Å². The predicted molar refractivity (Wildman–Crippen MR) is 141 cm³/mol. The fourth-order valence-corrected chi connectivity index (χ4v) is 4.52. The van der Waals surface area contributed by atoms with Gasteiger partial charge >= 0.3 is 0 Å². The third kappa shape index (κ3) is 8.36. The van der Waals surface area contributed by atoms with Gasteiger partial charge in [-0.2, -0.15) is 0 Å². The van der Waals surface area contributed by atoms with Crippen LogP contribution in [0.5, 0.6) is 0 Å². The van der Waals surface area contributed by atoms with Crippen LogP contribution in [0.4, 0.5) is 4.39 Å². The lowest BCUT2D eigenvalue weighted by atomic mass is 10.0. The van der Waals surface area contributed by atoms with Crippen LogP contribution >= 0.6 is 24.0 Å². The maximum absolute atomic E-state index is 13.5. The molecule has 0 radical (unpaired) electrons. The van der Waals surface area contributed by atoms with Gasteiger partial charge in [0.15, 0.2) is 5.96 Å². The van der Waals surface area contributed by atoms with E-state index in [1.807, 2.05) is 24.0 Å². The second-order valence-corrected chi connectivity index (χ2v) is 8.40. The minimum Gasteiger partial charge on any atom is -0.379 e. The lowest BCUT2D eigenvalue weighted by molar-refractivity contribution is -0.129. The Bertz CT molecular complexity index is 743. The van der Waals surface area contributed by atoms with E-state index >= 15 is 0 Å². The average molecular weight is 576 g/mol. The van der Waals surface area contributed by atoms with E-state index < -0.39 is 0 Å². The minimum atomic E-state index is -0.227. The summed E-state index contributed by atoms with van der Waals surface area (Å²) in [6.07, 6.45) is 3.52. The number of benzene rings is 1. The smallest absolute Gasteiger partial charge is 0.222 e. The van der Waals surface area contributed by atoms with E-state index in [1.165, 1.54) is 12.1 Å². The fraction of sp³-hybridized carbons (Fsp3) is 0.667. The molecule has 3 rings (SSSR count). The van der Waals surface area contributed by atoms with Gasteiger partial charge in [-0.05, 0) is 43.9 Å². The first kappa shape index (κ1) is 27.8. The van der Waals surface area contributed by atoms with Crippen LogP contribution in [0.3, 0.4) is 0 Å². The van der Waals surface area contributed by atoms with Crippen LogP contribution < -0.4 is 10.6 Å². The topological polar surface area (TPSA) is 69.2 Å². The number of rotatable bonds is 10. The van der Waals surface area contributed by atoms with Crippen molar-refractivity contribution in [2.75, 3.05) is 52.5 Å². The highest BCUT2D eigenvalue weighted by atomic mass is 127. The quantitative estimate of drug-likeness (QED) is 0.255. The SMILES string of the molecule is CCNC(=NCC(c1ccc(F)cc1)N1CCOCC1)NCCC(CC)N1CCCC1=O.I. The molecule has 9 heteroatoms. The first-order valence-corrected chi connectivity index (χ1v) is 12.0. The van der Waals surface area contributed by atoms with E-state index in [0.29, 0.717) is 26.2 Å². The van der Waals surface area contributed by atoms with Gasteiger partial charge in [0.05, 0.1) is 25.8 Å². The number of ether oxygens (including phenoxy) is 1. The van der Waals surface area contributed by atoms with Crippen molar-refractivity contribution in [1.29, 1.82) is 0 Å². The molecule has 0 bridgehead atoms. The number of aliphatic imine (C=N–C) groups is 1. The Hall–Kier alpha value is -1.46. The monoisotopic (exact) mass is 575 g/mol. The number of carbonyl (C=O) groups is 1. The average Bonchev–Trinajstić information content (AvgIpc) is 3.24. The summed E-state index contributed by atoms with van der Waals surface area (Å²) in [5, 5.41) is 6.77. The van der Waals surface area contributed by atoms with Crippen molar-refractivity contribution in [3.63, 3.8) is 0 Å². The number of guanidine groups is 1. The van der Waals surface area contributed by atoms with Gasteiger partial charge in [-0.15, -0.1) is 24.0 Å². The summed E-state index contributed by atoms with van der Waals surface area (Å²) in [5.74, 6) is 0.829. The van der Waals surface area contributed by atoms with Crippen molar-refractivity contribution < 1.29 is 13.9 Å². The van der Waals surface area contributed by atoms with Gasteiger partial charge < -0.3 is 20.3 Å². The third-order valence-corrected chi connectivity index (χ3v) is 6.30. The molecule has 186 valence electrons. The van der Waals surface area contributed by atoms with Crippen LogP contribution in [-0.4, -0.2) is 80.2 Å². The van der Waals surface area contributed by atoms with Gasteiger partial charge in [-0.25, -0.2) is 4.39 Å². The maximum atomic E-state index is 13.5. The summed E-state index contributed by atoms with van der Waals surface area (Å²) < 4.78 is 19.0. The van der Waals surface area contributed by atoms with Crippen molar-refractivity contribution >= 4 is 35.8 Å². The lowest BCUT2D eigenvalue weighted by Crippen LogP contribution is -2.43. The number of nitrogens with zero attached hydrogens (tertiary/aromatic N) is 3. The van der Waals surface area contributed by atoms with Gasteiger partial charge in [0.1, 0.15) is 5.82 Å². The second kappa shape index (κ2) is 14.7. The van der Waals surface area contributed by atoms with Crippen molar-refractivity contribution in [1.82, 2.24) is 20.4 Å². The molecule has 0 aliphatic carbocycles.